The Kier molecular flexibility index (Phi) is 6.94. The van der Waals surface area contributed by atoms with Gasteiger partial charge in [0.05, 0.1) is 23.9 Å². The topological polar surface area (TPSA) is 88.9 Å². The van der Waals surface area contributed by atoms with E-state index < -0.39 is 17.6 Å². The van der Waals surface area contributed by atoms with Gasteiger partial charge in [0, 0.05) is 35.1 Å². The monoisotopic (exact) mass is 533 g/mol. The van der Waals surface area contributed by atoms with Crippen molar-refractivity contribution in [3.8, 4) is 16.8 Å². The Balaban J connectivity index is 1.30. The number of rotatable bonds is 7. The first kappa shape index (κ1) is 26.1. The number of carbonyl (C=O) groups excluding carboxylic acids is 2. The van der Waals surface area contributed by atoms with Crippen LogP contribution in [0, 0.1) is 19.8 Å². The predicted octanol–water partition coefficient (Wildman–Crippen LogP) is 6.10. The Morgan fingerprint density at radius 2 is 1.79 bits per heavy atom. The van der Waals surface area contributed by atoms with Crippen LogP contribution in [0.25, 0.3) is 16.8 Å². The van der Waals surface area contributed by atoms with E-state index in [2.05, 4.69) is 20.7 Å². The number of anilines is 2. The summed E-state index contributed by atoms with van der Waals surface area (Å²) in [6.07, 6.45) is 2.45. The largest absolute Gasteiger partial charge is 0.416 e. The molecule has 2 aromatic carbocycles. The zero-order chi connectivity index (χ0) is 27.7. The van der Waals surface area contributed by atoms with Crippen molar-refractivity contribution in [3.63, 3.8) is 0 Å². The molecule has 2 heterocycles. The lowest BCUT2D eigenvalue weighted by molar-refractivity contribution is -0.137. The Hall–Kier alpha value is -4.47. The molecule has 39 heavy (non-hydrogen) atoms. The van der Waals surface area contributed by atoms with Crippen molar-refractivity contribution in [3.05, 3.63) is 89.4 Å². The van der Waals surface area contributed by atoms with Gasteiger partial charge in [-0.25, -0.2) is 9.67 Å². The number of nitrogens with one attached hydrogen (secondary N) is 2. The number of pyridine rings is 1. The second-order valence-corrected chi connectivity index (χ2v) is 9.75. The van der Waals surface area contributed by atoms with E-state index in [1.54, 1.807) is 29.2 Å². The van der Waals surface area contributed by atoms with Crippen molar-refractivity contribution in [2.75, 3.05) is 10.6 Å². The molecule has 0 radical (unpaired) electrons. The molecule has 2 N–H and O–H groups in total. The summed E-state index contributed by atoms with van der Waals surface area (Å²) in [4.78, 5) is 29.0. The molecule has 0 aliphatic heterocycles. The zero-order valence-electron chi connectivity index (χ0n) is 21.3. The lowest BCUT2D eigenvalue weighted by Gasteiger charge is -2.11. The second-order valence-electron chi connectivity index (χ2n) is 9.75. The Bertz CT molecular complexity index is 1560. The van der Waals surface area contributed by atoms with Crippen molar-refractivity contribution >= 4 is 23.3 Å². The van der Waals surface area contributed by atoms with E-state index in [0.29, 0.717) is 11.5 Å². The average molecular weight is 534 g/mol. The quantitative estimate of drug-likeness (QED) is 0.301. The average Bonchev–Trinajstić information content (AvgIpc) is 3.63. The molecular weight excluding hydrogens is 507 g/mol. The van der Waals surface area contributed by atoms with Gasteiger partial charge in [-0.2, -0.15) is 18.3 Å². The van der Waals surface area contributed by atoms with Crippen LogP contribution in [-0.2, 0) is 22.2 Å². The van der Waals surface area contributed by atoms with Crippen molar-refractivity contribution in [2.45, 2.75) is 39.3 Å². The van der Waals surface area contributed by atoms with Crippen LogP contribution >= 0.6 is 0 Å². The summed E-state index contributed by atoms with van der Waals surface area (Å²) >= 11 is 0. The molecule has 0 spiro atoms. The molecule has 1 aliphatic rings. The fourth-order valence-corrected chi connectivity index (χ4v) is 4.28. The van der Waals surface area contributed by atoms with E-state index in [4.69, 9.17) is 0 Å². The number of halogens is 3. The summed E-state index contributed by atoms with van der Waals surface area (Å²) in [5.74, 6) is 0.180. The van der Waals surface area contributed by atoms with Gasteiger partial charge >= 0.3 is 6.18 Å². The van der Waals surface area contributed by atoms with E-state index >= 15 is 0 Å². The van der Waals surface area contributed by atoms with Gasteiger partial charge < -0.3 is 10.6 Å². The smallest absolute Gasteiger partial charge is 0.326 e. The zero-order valence-corrected chi connectivity index (χ0v) is 21.3. The number of aryl methyl sites for hydroxylation is 2. The second kappa shape index (κ2) is 10.4. The molecule has 4 aromatic rings. The van der Waals surface area contributed by atoms with Crippen LogP contribution in [0.3, 0.4) is 0 Å². The van der Waals surface area contributed by atoms with Gasteiger partial charge in [-0.1, -0.05) is 24.3 Å². The third-order valence-electron chi connectivity index (χ3n) is 6.56. The molecule has 1 saturated carbocycles. The highest BCUT2D eigenvalue weighted by Crippen LogP contribution is 2.32. The number of hydrogen-bond donors (Lipinski definition) is 2. The van der Waals surface area contributed by atoms with Gasteiger partial charge in [-0.3, -0.25) is 9.59 Å². The highest BCUT2D eigenvalue weighted by Gasteiger charge is 2.31. The number of hydrogen-bond acceptors (Lipinski definition) is 4. The number of alkyl halides is 3. The van der Waals surface area contributed by atoms with Crippen LogP contribution in [0.1, 0.15) is 35.1 Å². The molecule has 2 aromatic heterocycles. The summed E-state index contributed by atoms with van der Waals surface area (Å²) in [5.41, 5.74) is 4.26. The third kappa shape index (κ3) is 6.17. The lowest BCUT2D eigenvalue weighted by atomic mass is 10.1. The number of amides is 2. The van der Waals surface area contributed by atoms with Crippen molar-refractivity contribution in [2.24, 2.45) is 5.92 Å². The van der Waals surface area contributed by atoms with E-state index in [0.717, 1.165) is 52.9 Å². The summed E-state index contributed by atoms with van der Waals surface area (Å²) in [6.45, 7) is 3.85. The molecule has 0 atom stereocenters. The first-order chi connectivity index (χ1) is 18.6. The van der Waals surface area contributed by atoms with Crippen LogP contribution in [0.2, 0.25) is 0 Å². The summed E-state index contributed by atoms with van der Waals surface area (Å²) in [5, 5.41) is 10.1. The Morgan fingerprint density at radius 3 is 2.51 bits per heavy atom. The minimum Gasteiger partial charge on any atom is -0.326 e. The van der Waals surface area contributed by atoms with E-state index in [-0.39, 0.29) is 23.8 Å². The van der Waals surface area contributed by atoms with Crippen molar-refractivity contribution in [1.82, 2.24) is 14.8 Å². The minimum atomic E-state index is -4.47. The fourth-order valence-electron chi connectivity index (χ4n) is 4.28. The molecule has 200 valence electrons. The van der Waals surface area contributed by atoms with E-state index in [9.17, 15) is 22.8 Å². The summed E-state index contributed by atoms with van der Waals surface area (Å²) in [7, 11) is 0. The molecule has 2 amide bonds. The standard InChI is InChI=1S/C29H26F3N5O2/c1-17-6-9-23(35-27(38)12-19-4-3-5-22(11-19)29(30,31)32)13-25(17)37-16-21(14-34-37)24-15-33-26(10-18(24)2)36-28(39)20-7-8-20/h3-6,9-11,13-16,20H,7-8,12H2,1-2H3,(H,35,38)(H,33,36,39). The molecule has 7 nitrogen and oxygen atoms in total. The third-order valence-corrected chi connectivity index (χ3v) is 6.56. The highest BCUT2D eigenvalue weighted by atomic mass is 19.4. The Morgan fingerprint density at radius 1 is 1.00 bits per heavy atom. The maximum atomic E-state index is 13.0. The van der Waals surface area contributed by atoms with Crippen LogP contribution in [0.5, 0.6) is 0 Å². The molecular formula is C29H26F3N5O2. The molecule has 0 bridgehead atoms. The summed E-state index contributed by atoms with van der Waals surface area (Å²) < 4.78 is 40.7. The first-order valence-electron chi connectivity index (χ1n) is 12.5. The van der Waals surface area contributed by atoms with Gasteiger partial charge in [0.1, 0.15) is 5.82 Å². The molecule has 10 heteroatoms. The SMILES string of the molecule is Cc1cc(NC(=O)C2CC2)ncc1-c1cnn(-c2cc(NC(=O)Cc3cccc(C(F)(F)F)c3)ccc2C)c1. The first-order valence-corrected chi connectivity index (χ1v) is 12.5. The maximum Gasteiger partial charge on any atom is 0.416 e. The minimum absolute atomic E-state index is 0.000237. The summed E-state index contributed by atoms with van der Waals surface area (Å²) in [6, 6.07) is 11.9. The number of nitrogens with zero attached hydrogens (tertiary/aromatic N) is 3. The number of benzene rings is 2. The van der Waals surface area contributed by atoms with Gasteiger partial charge in [0.25, 0.3) is 0 Å². The molecule has 1 aliphatic carbocycles. The van der Waals surface area contributed by atoms with Crippen molar-refractivity contribution < 1.29 is 22.8 Å². The van der Waals surface area contributed by atoms with Gasteiger partial charge in [-0.15, -0.1) is 0 Å². The maximum absolute atomic E-state index is 13.0. The van der Waals surface area contributed by atoms with E-state index in [1.165, 1.54) is 12.1 Å². The predicted molar refractivity (Wildman–Crippen MR) is 141 cm³/mol. The number of carbonyl (C=O) groups is 2. The van der Waals surface area contributed by atoms with Gasteiger partial charge in [0.2, 0.25) is 11.8 Å². The Labute approximate surface area is 223 Å². The molecule has 0 saturated heterocycles. The molecule has 5 rings (SSSR count). The normalized spacial score (nSPS) is 13.3. The lowest BCUT2D eigenvalue weighted by Crippen LogP contribution is -2.15. The molecule has 0 unspecified atom stereocenters. The van der Waals surface area contributed by atoms with Crippen molar-refractivity contribution in [1.29, 1.82) is 0 Å². The highest BCUT2D eigenvalue weighted by molar-refractivity contribution is 5.93. The van der Waals surface area contributed by atoms with Gasteiger partial charge in [-0.05, 0) is 67.6 Å². The number of aromatic nitrogens is 3. The van der Waals surface area contributed by atoms with E-state index in [1.807, 2.05) is 32.2 Å². The molecule has 1 fully saturated rings. The van der Waals surface area contributed by atoms with Crippen LogP contribution < -0.4 is 10.6 Å². The van der Waals surface area contributed by atoms with Gasteiger partial charge in [0.15, 0.2) is 0 Å². The van der Waals surface area contributed by atoms with Crippen LogP contribution in [0.4, 0.5) is 24.7 Å². The van der Waals surface area contributed by atoms with Crippen LogP contribution in [0.15, 0.2) is 67.1 Å². The van der Waals surface area contributed by atoms with Crippen LogP contribution in [-0.4, -0.2) is 26.6 Å². The fraction of sp³-hybridized carbons (Fsp3) is 0.241.